The third-order valence-electron chi connectivity index (χ3n) is 4.37. The van der Waals surface area contributed by atoms with Crippen LogP contribution in [0.5, 0.6) is 0 Å². The molecule has 6 heteroatoms. The van der Waals surface area contributed by atoms with Crippen LogP contribution in [-0.4, -0.2) is 54.6 Å². The highest BCUT2D eigenvalue weighted by Gasteiger charge is 2.34. The van der Waals surface area contributed by atoms with Crippen LogP contribution in [0.4, 0.5) is 4.39 Å². The molecular formula is C16H20ClFN2O2. The maximum Gasteiger partial charge on any atom is 0.240 e. The molecule has 1 atom stereocenters. The Labute approximate surface area is 134 Å². The van der Waals surface area contributed by atoms with E-state index < -0.39 is 0 Å². The van der Waals surface area contributed by atoms with Gasteiger partial charge in [-0.2, -0.15) is 0 Å². The van der Waals surface area contributed by atoms with Crippen LogP contribution < -0.4 is 0 Å². The number of halogens is 2. The van der Waals surface area contributed by atoms with Crippen molar-refractivity contribution in [1.29, 1.82) is 0 Å². The number of piperidine rings is 1. The second-order valence-electron chi connectivity index (χ2n) is 5.80. The van der Waals surface area contributed by atoms with E-state index in [1.807, 2.05) is 4.90 Å². The zero-order chi connectivity index (χ0) is 15.5. The number of hydrogen-bond donors (Lipinski definition) is 0. The van der Waals surface area contributed by atoms with Gasteiger partial charge in [-0.1, -0.05) is 17.7 Å². The Kier molecular flexibility index (Phi) is 4.96. The summed E-state index contributed by atoms with van der Waals surface area (Å²) in [5.74, 6) is -0.210. The summed E-state index contributed by atoms with van der Waals surface area (Å²) < 4.78 is 18.5. The summed E-state index contributed by atoms with van der Waals surface area (Å²) in [6.45, 7) is 4.16. The van der Waals surface area contributed by atoms with Crippen molar-refractivity contribution in [1.82, 2.24) is 9.80 Å². The predicted molar refractivity (Wildman–Crippen MR) is 82.2 cm³/mol. The SMILES string of the molecule is O=C1[C@@H](N2CCOCC2)CCCN1Cc1ccc(F)cc1Cl. The minimum absolute atomic E-state index is 0.0585. The summed E-state index contributed by atoms with van der Waals surface area (Å²) in [5.41, 5.74) is 0.791. The van der Waals surface area contributed by atoms with Crippen molar-refractivity contribution >= 4 is 17.5 Å². The van der Waals surface area contributed by atoms with E-state index >= 15 is 0 Å². The van der Waals surface area contributed by atoms with E-state index in [2.05, 4.69) is 4.90 Å². The second kappa shape index (κ2) is 6.94. The Morgan fingerprint density at radius 2 is 2.05 bits per heavy atom. The number of nitrogens with zero attached hydrogens (tertiary/aromatic N) is 2. The van der Waals surface area contributed by atoms with Crippen LogP contribution in [0.2, 0.25) is 5.02 Å². The van der Waals surface area contributed by atoms with Crippen LogP contribution in [0.25, 0.3) is 0 Å². The van der Waals surface area contributed by atoms with Gasteiger partial charge in [0.1, 0.15) is 5.82 Å². The van der Waals surface area contributed by atoms with E-state index in [-0.39, 0.29) is 17.8 Å². The van der Waals surface area contributed by atoms with E-state index in [9.17, 15) is 9.18 Å². The Morgan fingerprint density at radius 3 is 2.77 bits per heavy atom. The van der Waals surface area contributed by atoms with Gasteiger partial charge in [-0.15, -0.1) is 0 Å². The van der Waals surface area contributed by atoms with Crippen LogP contribution in [-0.2, 0) is 16.1 Å². The monoisotopic (exact) mass is 326 g/mol. The Balaban J connectivity index is 1.69. The van der Waals surface area contributed by atoms with Crippen molar-refractivity contribution in [2.24, 2.45) is 0 Å². The molecule has 0 N–H and O–H groups in total. The lowest BCUT2D eigenvalue weighted by Gasteiger charge is -2.40. The highest BCUT2D eigenvalue weighted by Crippen LogP contribution is 2.24. The number of hydrogen-bond acceptors (Lipinski definition) is 3. The topological polar surface area (TPSA) is 32.8 Å². The zero-order valence-corrected chi connectivity index (χ0v) is 13.2. The Morgan fingerprint density at radius 1 is 1.27 bits per heavy atom. The molecule has 0 bridgehead atoms. The summed E-state index contributed by atoms with van der Waals surface area (Å²) in [6.07, 6.45) is 1.87. The first-order chi connectivity index (χ1) is 10.6. The molecule has 2 fully saturated rings. The summed E-state index contributed by atoms with van der Waals surface area (Å²) in [7, 11) is 0. The summed E-state index contributed by atoms with van der Waals surface area (Å²) >= 11 is 6.08. The average Bonchev–Trinajstić information content (AvgIpc) is 2.53. The van der Waals surface area contributed by atoms with Gasteiger partial charge in [0.2, 0.25) is 5.91 Å². The van der Waals surface area contributed by atoms with Crippen molar-refractivity contribution in [3.63, 3.8) is 0 Å². The van der Waals surface area contributed by atoms with Gasteiger partial charge >= 0.3 is 0 Å². The van der Waals surface area contributed by atoms with Gasteiger partial charge in [0.05, 0.1) is 19.3 Å². The number of likely N-dealkylation sites (tertiary alicyclic amines) is 1. The fraction of sp³-hybridized carbons (Fsp3) is 0.562. The van der Waals surface area contributed by atoms with Gasteiger partial charge in [-0.3, -0.25) is 9.69 Å². The fourth-order valence-electron chi connectivity index (χ4n) is 3.16. The van der Waals surface area contributed by atoms with Gasteiger partial charge < -0.3 is 9.64 Å². The number of rotatable bonds is 3. The highest BCUT2D eigenvalue weighted by atomic mass is 35.5. The molecule has 2 aliphatic rings. The molecule has 0 unspecified atom stereocenters. The summed E-state index contributed by atoms with van der Waals surface area (Å²) in [6, 6.07) is 4.28. The molecular weight excluding hydrogens is 307 g/mol. The van der Waals surface area contributed by atoms with Crippen molar-refractivity contribution in [3.05, 3.63) is 34.6 Å². The first-order valence-corrected chi connectivity index (χ1v) is 8.07. The maximum atomic E-state index is 13.1. The fourth-order valence-corrected chi connectivity index (χ4v) is 3.39. The first kappa shape index (κ1) is 15.7. The largest absolute Gasteiger partial charge is 0.379 e. The predicted octanol–water partition coefficient (Wildman–Crippen LogP) is 2.30. The van der Waals surface area contributed by atoms with Crippen LogP contribution in [0.1, 0.15) is 18.4 Å². The van der Waals surface area contributed by atoms with Crippen LogP contribution in [0, 0.1) is 5.82 Å². The van der Waals surface area contributed by atoms with E-state index in [1.54, 1.807) is 6.07 Å². The molecule has 1 amide bonds. The third kappa shape index (κ3) is 3.42. The molecule has 0 aliphatic carbocycles. The van der Waals surface area contributed by atoms with E-state index in [4.69, 9.17) is 16.3 Å². The molecule has 2 saturated heterocycles. The number of carbonyl (C=O) groups excluding carboxylic acids is 1. The number of amides is 1. The lowest BCUT2D eigenvalue weighted by molar-refractivity contribution is -0.142. The van der Waals surface area contributed by atoms with Gasteiger partial charge in [0, 0.05) is 31.2 Å². The molecule has 0 saturated carbocycles. The minimum atomic E-state index is -0.357. The molecule has 0 spiro atoms. The van der Waals surface area contributed by atoms with Gasteiger partial charge in [-0.25, -0.2) is 4.39 Å². The van der Waals surface area contributed by atoms with Gasteiger partial charge in [-0.05, 0) is 30.5 Å². The molecule has 22 heavy (non-hydrogen) atoms. The Bertz CT molecular complexity index is 549. The molecule has 0 radical (unpaired) electrons. The van der Waals surface area contributed by atoms with E-state index in [1.165, 1.54) is 12.1 Å². The van der Waals surface area contributed by atoms with Gasteiger partial charge in [0.15, 0.2) is 0 Å². The normalized spacial score (nSPS) is 23.8. The molecule has 1 aromatic rings. The van der Waals surface area contributed by atoms with Crippen molar-refractivity contribution in [2.45, 2.75) is 25.4 Å². The van der Waals surface area contributed by atoms with Crippen molar-refractivity contribution in [3.8, 4) is 0 Å². The summed E-state index contributed by atoms with van der Waals surface area (Å²) in [5, 5.41) is 0.376. The summed E-state index contributed by atoms with van der Waals surface area (Å²) in [4.78, 5) is 16.8. The molecule has 4 nitrogen and oxygen atoms in total. The first-order valence-electron chi connectivity index (χ1n) is 7.69. The molecule has 0 aromatic heterocycles. The van der Waals surface area contributed by atoms with Crippen LogP contribution in [0.15, 0.2) is 18.2 Å². The minimum Gasteiger partial charge on any atom is -0.379 e. The van der Waals surface area contributed by atoms with E-state index in [0.29, 0.717) is 24.8 Å². The smallest absolute Gasteiger partial charge is 0.240 e. The number of ether oxygens (including phenoxy) is 1. The van der Waals surface area contributed by atoms with E-state index in [0.717, 1.165) is 38.0 Å². The molecule has 2 heterocycles. The third-order valence-corrected chi connectivity index (χ3v) is 4.72. The maximum absolute atomic E-state index is 13.1. The Hall–Kier alpha value is -1.17. The van der Waals surface area contributed by atoms with Crippen LogP contribution in [0.3, 0.4) is 0 Å². The number of morpholine rings is 1. The van der Waals surface area contributed by atoms with Gasteiger partial charge in [0.25, 0.3) is 0 Å². The number of benzene rings is 1. The zero-order valence-electron chi connectivity index (χ0n) is 12.4. The molecule has 1 aromatic carbocycles. The lowest BCUT2D eigenvalue weighted by Crippen LogP contribution is -2.54. The molecule has 120 valence electrons. The van der Waals surface area contributed by atoms with Crippen molar-refractivity contribution in [2.75, 3.05) is 32.8 Å². The average molecular weight is 327 g/mol. The lowest BCUT2D eigenvalue weighted by atomic mass is 10.0. The molecule has 3 rings (SSSR count). The molecule has 2 aliphatic heterocycles. The standard InChI is InChI=1S/C16H20ClFN2O2/c17-14-10-13(18)4-3-12(14)11-20-5-1-2-15(16(20)21)19-6-8-22-9-7-19/h3-4,10,15H,1-2,5-9,11H2/t15-/m0/s1. The highest BCUT2D eigenvalue weighted by molar-refractivity contribution is 6.31. The second-order valence-corrected chi connectivity index (χ2v) is 6.21. The number of carbonyl (C=O) groups is 1. The van der Waals surface area contributed by atoms with Crippen LogP contribution >= 0.6 is 11.6 Å². The quantitative estimate of drug-likeness (QED) is 0.854. The van der Waals surface area contributed by atoms with Crippen molar-refractivity contribution < 1.29 is 13.9 Å².